The van der Waals surface area contributed by atoms with Crippen LogP contribution in [-0.2, 0) is 14.3 Å². The van der Waals surface area contributed by atoms with Crippen molar-refractivity contribution in [1.29, 1.82) is 0 Å². The van der Waals surface area contributed by atoms with Gasteiger partial charge in [-0.25, -0.2) is 0 Å². The van der Waals surface area contributed by atoms with Gasteiger partial charge in [-0.3, -0.25) is 9.59 Å². The molecule has 0 aliphatic rings. The summed E-state index contributed by atoms with van der Waals surface area (Å²) >= 11 is 0. The van der Waals surface area contributed by atoms with Crippen LogP contribution >= 0.6 is 0 Å². The molecule has 0 aromatic heterocycles. The lowest BCUT2D eigenvalue weighted by Crippen LogP contribution is -2.45. The van der Waals surface area contributed by atoms with Crippen LogP contribution in [-0.4, -0.2) is 47.4 Å². The molecule has 0 rings (SSSR count). The topological polar surface area (TPSA) is 95.9 Å². The van der Waals surface area contributed by atoms with E-state index < -0.39 is 12.1 Å². The van der Waals surface area contributed by atoms with Crippen molar-refractivity contribution in [2.75, 3.05) is 13.2 Å². The quantitative estimate of drug-likeness (QED) is 0.0320. The lowest BCUT2D eigenvalue weighted by Gasteiger charge is -2.20. The van der Waals surface area contributed by atoms with Crippen LogP contribution in [0.2, 0.25) is 0 Å². The first-order chi connectivity index (χ1) is 37.0. The van der Waals surface area contributed by atoms with Gasteiger partial charge < -0.3 is 20.3 Å². The Balaban J connectivity index is 3.38. The van der Waals surface area contributed by atoms with Crippen molar-refractivity contribution in [3.05, 3.63) is 24.3 Å². The second kappa shape index (κ2) is 64.9. The number of amides is 1. The van der Waals surface area contributed by atoms with Gasteiger partial charge in [-0.1, -0.05) is 334 Å². The highest BCUT2D eigenvalue weighted by Crippen LogP contribution is 2.18. The molecule has 75 heavy (non-hydrogen) atoms. The maximum Gasteiger partial charge on any atom is 0.305 e. The fourth-order valence-corrected chi connectivity index (χ4v) is 10.7. The van der Waals surface area contributed by atoms with Gasteiger partial charge >= 0.3 is 5.97 Å². The monoisotopic (exact) mass is 1060 g/mol. The van der Waals surface area contributed by atoms with Crippen LogP contribution in [0.1, 0.15) is 380 Å². The third-order valence-electron chi connectivity index (χ3n) is 16.0. The summed E-state index contributed by atoms with van der Waals surface area (Å²) in [6, 6.07) is -0.628. The van der Waals surface area contributed by atoms with Gasteiger partial charge in [0.25, 0.3) is 0 Å². The molecule has 0 saturated carbocycles. The molecule has 0 saturated heterocycles. The van der Waals surface area contributed by atoms with Crippen molar-refractivity contribution >= 4 is 11.9 Å². The van der Waals surface area contributed by atoms with Crippen molar-refractivity contribution < 1.29 is 24.5 Å². The van der Waals surface area contributed by atoms with Crippen LogP contribution in [0, 0.1) is 0 Å². The zero-order chi connectivity index (χ0) is 54.3. The van der Waals surface area contributed by atoms with Gasteiger partial charge in [0.2, 0.25) is 5.91 Å². The molecule has 0 spiro atoms. The van der Waals surface area contributed by atoms with Crippen molar-refractivity contribution in [3.8, 4) is 0 Å². The minimum absolute atomic E-state index is 0.0187. The minimum atomic E-state index is -0.844. The summed E-state index contributed by atoms with van der Waals surface area (Å²) in [5.74, 6) is -0.0478. The standard InChI is InChI=1S/C69H133NO5/c1-3-5-7-9-11-13-15-17-19-35-39-43-47-51-55-59-63-69(74)75-64-60-56-52-48-44-40-36-32-30-28-26-24-22-20-21-23-25-27-29-31-34-38-42-46-50-54-58-62-68(73)70-66(65-71)67(72)61-57-53-49-45-41-37-33-18-16-14-12-10-8-6-4-2/h20-21,57,61,66-67,71-72H,3-19,22-56,58-60,62-65H2,1-2H3,(H,70,73)/b21-20-,61-57+. The molecule has 0 aliphatic carbocycles. The van der Waals surface area contributed by atoms with Crippen molar-refractivity contribution in [3.63, 3.8) is 0 Å². The van der Waals surface area contributed by atoms with Crippen LogP contribution in [0.3, 0.4) is 0 Å². The van der Waals surface area contributed by atoms with Crippen LogP contribution in [0.25, 0.3) is 0 Å². The lowest BCUT2D eigenvalue weighted by atomic mass is 10.0. The number of carbonyl (C=O) groups excluding carboxylic acids is 2. The Bertz CT molecular complexity index is 1170. The van der Waals surface area contributed by atoms with Crippen molar-refractivity contribution in [2.24, 2.45) is 0 Å². The van der Waals surface area contributed by atoms with Crippen molar-refractivity contribution in [2.45, 2.75) is 392 Å². The van der Waals surface area contributed by atoms with Gasteiger partial charge in [0, 0.05) is 12.8 Å². The van der Waals surface area contributed by atoms with E-state index in [9.17, 15) is 19.8 Å². The smallest absolute Gasteiger partial charge is 0.305 e. The van der Waals surface area contributed by atoms with E-state index in [1.165, 1.54) is 315 Å². The number of unbranched alkanes of at least 4 members (excludes halogenated alkanes) is 51. The molecular formula is C69H133NO5. The molecule has 0 radical (unpaired) electrons. The van der Waals surface area contributed by atoms with E-state index in [1.54, 1.807) is 6.08 Å². The highest BCUT2D eigenvalue weighted by Gasteiger charge is 2.18. The molecule has 6 heteroatoms. The predicted molar refractivity (Wildman–Crippen MR) is 329 cm³/mol. The molecule has 0 aliphatic heterocycles. The summed E-state index contributed by atoms with van der Waals surface area (Å²) in [6.45, 7) is 4.94. The number of ether oxygens (including phenoxy) is 1. The molecule has 0 fully saturated rings. The van der Waals surface area contributed by atoms with Crippen LogP contribution in [0.15, 0.2) is 24.3 Å². The Kier molecular flexibility index (Phi) is 63.4. The third-order valence-corrected chi connectivity index (χ3v) is 16.0. The number of esters is 1. The first kappa shape index (κ1) is 73.3. The second-order valence-electron chi connectivity index (χ2n) is 23.5. The van der Waals surface area contributed by atoms with Crippen LogP contribution in [0.4, 0.5) is 0 Å². The molecule has 6 nitrogen and oxygen atoms in total. The number of nitrogens with one attached hydrogen (secondary N) is 1. The van der Waals surface area contributed by atoms with Gasteiger partial charge in [-0.15, -0.1) is 0 Å². The minimum Gasteiger partial charge on any atom is -0.466 e. The summed E-state index contributed by atoms with van der Waals surface area (Å²) in [6.07, 6.45) is 81.0. The molecule has 0 heterocycles. The number of allylic oxidation sites excluding steroid dienone is 3. The fraction of sp³-hybridized carbons (Fsp3) is 0.913. The third kappa shape index (κ3) is 61.4. The summed E-state index contributed by atoms with van der Waals surface area (Å²) in [7, 11) is 0. The summed E-state index contributed by atoms with van der Waals surface area (Å²) in [4.78, 5) is 24.6. The Morgan fingerprint density at radius 3 is 0.947 bits per heavy atom. The fourth-order valence-electron chi connectivity index (χ4n) is 10.7. The molecule has 444 valence electrons. The lowest BCUT2D eigenvalue weighted by molar-refractivity contribution is -0.143. The van der Waals surface area contributed by atoms with Gasteiger partial charge in [0.05, 0.1) is 25.4 Å². The average Bonchev–Trinajstić information content (AvgIpc) is 3.41. The highest BCUT2D eigenvalue weighted by atomic mass is 16.5. The number of aliphatic hydroxyl groups excluding tert-OH is 2. The van der Waals surface area contributed by atoms with Crippen LogP contribution < -0.4 is 5.32 Å². The summed E-state index contributed by atoms with van der Waals surface area (Å²) < 4.78 is 5.50. The normalized spacial score (nSPS) is 12.6. The second-order valence-corrected chi connectivity index (χ2v) is 23.5. The Morgan fingerprint density at radius 2 is 0.627 bits per heavy atom. The molecule has 3 N–H and O–H groups in total. The SMILES string of the molecule is CCCCCCCCCCCCCCC/C=C/C(O)C(CO)NC(=O)CCCCCCCCCCCCC/C=C\CCCCCCCCCCCCCCOC(=O)CCCCCCCCCCCCCCCCCC. The van der Waals surface area contributed by atoms with E-state index in [4.69, 9.17) is 4.74 Å². The molecule has 0 aromatic rings. The maximum atomic E-state index is 12.5. The zero-order valence-electron chi connectivity index (χ0n) is 50.8. The van der Waals surface area contributed by atoms with Crippen LogP contribution in [0.5, 0.6) is 0 Å². The maximum absolute atomic E-state index is 12.5. The van der Waals surface area contributed by atoms with E-state index in [-0.39, 0.29) is 18.5 Å². The first-order valence-corrected chi connectivity index (χ1v) is 34.1. The van der Waals surface area contributed by atoms with Gasteiger partial charge in [-0.05, 0) is 57.8 Å². The van der Waals surface area contributed by atoms with Gasteiger partial charge in [-0.2, -0.15) is 0 Å². The molecule has 1 amide bonds. The van der Waals surface area contributed by atoms with Gasteiger partial charge in [0.15, 0.2) is 0 Å². The molecule has 2 atom stereocenters. The number of rotatable bonds is 64. The zero-order valence-corrected chi connectivity index (χ0v) is 50.8. The first-order valence-electron chi connectivity index (χ1n) is 34.1. The largest absolute Gasteiger partial charge is 0.466 e. The number of carbonyl (C=O) groups is 2. The predicted octanol–water partition coefficient (Wildman–Crippen LogP) is 21.8. The van der Waals surface area contributed by atoms with Crippen molar-refractivity contribution in [1.82, 2.24) is 5.32 Å². The number of aliphatic hydroxyl groups is 2. The molecular weight excluding hydrogens is 923 g/mol. The molecule has 0 bridgehead atoms. The Hall–Kier alpha value is -1.66. The average molecular weight is 1060 g/mol. The van der Waals surface area contributed by atoms with E-state index in [0.717, 1.165) is 38.5 Å². The van der Waals surface area contributed by atoms with E-state index in [2.05, 4.69) is 31.3 Å². The molecule has 2 unspecified atom stereocenters. The number of hydrogen-bond donors (Lipinski definition) is 3. The van der Waals surface area contributed by atoms with E-state index in [1.807, 2.05) is 6.08 Å². The molecule has 0 aromatic carbocycles. The Morgan fingerprint density at radius 1 is 0.360 bits per heavy atom. The van der Waals surface area contributed by atoms with E-state index in [0.29, 0.717) is 19.4 Å². The number of hydrogen-bond acceptors (Lipinski definition) is 5. The summed E-state index contributed by atoms with van der Waals surface area (Å²) in [5, 5.41) is 23.1. The summed E-state index contributed by atoms with van der Waals surface area (Å²) in [5.41, 5.74) is 0. The van der Waals surface area contributed by atoms with E-state index >= 15 is 0 Å². The highest BCUT2D eigenvalue weighted by molar-refractivity contribution is 5.76. The Labute approximate surface area is 469 Å². The van der Waals surface area contributed by atoms with Gasteiger partial charge in [0.1, 0.15) is 0 Å².